The van der Waals surface area contributed by atoms with Gasteiger partial charge in [-0.15, -0.1) is 0 Å². The molecule has 0 saturated carbocycles. The summed E-state index contributed by atoms with van der Waals surface area (Å²) in [4.78, 5) is 14.7. The van der Waals surface area contributed by atoms with E-state index in [0.717, 1.165) is 23.0 Å². The lowest BCUT2D eigenvalue weighted by molar-refractivity contribution is 0.0950. The van der Waals surface area contributed by atoms with E-state index < -0.39 is 0 Å². The van der Waals surface area contributed by atoms with E-state index in [4.69, 9.17) is 0 Å². The predicted molar refractivity (Wildman–Crippen MR) is 80.2 cm³/mol. The minimum atomic E-state index is -0.229. The molecule has 0 aliphatic heterocycles. The van der Waals surface area contributed by atoms with Crippen LogP contribution in [0, 0.1) is 5.41 Å². The number of allylic oxidation sites excluding steroid dienone is 2. The van der Waals surface area contributed by atoms with Gasteiger partial charge < -0.3 is 4.98 Å². The molecule has 0 fully saturated rings. The molecule has 1 aromatic heterocycles. The number of H-pyrrole nitrogens is 1. The Bertz CT molecular complexity index is 555. The molecule has 19 heavy (non-hydrogen) atoms. The van der Waals surface area contributed by atoms with Crippen LogP contribution in [0.5, 0.6) is 0 Å². The number of aromatic nitrogens is 1. The van der Waals surface area contributed by atoms with Crippen LogP contribution < -0.4 is 5.43 Å². The molecule has 2 N–H and O–H groups in total. The Balaban J connectivity index is 2.06. The van der Waals surface area contributed by atoms with E-state index in [1.165, 1.54) is 5.57 Å². The van der Waals surface area contributed by atoms with Crippen molar-refractivity contribution in [2.75, 3.05) is 0 Å². The highest BCUT2D eigenvalue weighted by atomic mass is 79.9. The number of halogens is 1. The van der Waals surface area contributed by atoms with E-state index >= 15 is 0 Å². The number of amides is 1. The number of rotatable bonds is 2. The van der Waals surface area contributed by atoms with Gasteiger partial charge in [0.2, 0.25) is 0 Å². The monoisotopic (exact) mass is 323 g/mol. The van der Waals surface area contributed by atoms with Gasteiger partial charge in [0.15, 0.2) is 0 Å². The van der Waals surface area contributed by atoms with Crippen molar-refractivity contribution in [2.24, 2.45) is 10.5 Å². The van der Waals surface area contributed by atoms with Crippen molar-refractivity contribution < 1.29 is 4.79 Å². The maximum atomic E-state index is 11.9. The molecule has 1 aliphatic carbocycles. The van der Waals surface area contributed by atoms with Crippen molar-refractivity contribution in [1.82, 2.24) is 10.4 Å². The second-order valence-corrected chi connectivity index (χ2v) is 6.70. The number of aromatic amines is 1. The predicted octanol–water partition coefficient (Wildman–Crippen LogP) is 3.63. The van der Waals surface area contributed by atoms with Gasteiger partial charge in [-0.25, -0.2) is 5.43 Å². The Kier molecular flexibility index (Phi) is 3.94. The molecule has 102 valence electrons. The Hall–Kier alpha value is -1.36. The molecule has 5 heteroatoms. The van der Waals surface area contributed by atoms with Gasteiger partial charge in [-0.3, -0.25) is 4.79 Å². The summed E-state index contributed by atoms with van der Waals surface area (Å²) in [6, 6.07) is 1.72. The van der Waals surface area contributed by atoms with Crippen LogP contribution in [0.2, 0.25) is 0 Å². The molecule has 0 aromatic carbocycles. The molecule has 1 amide bonds. The fourth-order valence-corrected chi connectivity index (χ4v) is 2.79. The molecule has 0 atom stereocenters. The lowest BCUT2D eigenvalue weighted by atomic mass is 9.77. The SMILES string of the molecule is CC1=C/C(=N\NC(=O)c2cc(Br)c[nH]2)CC(C)(C)C1. The van der Waals surface area contributed by atoms with Crippen LogP contribution in [0.3, 0.4) is 0 Å². The van der Waals surface area contributed by atoms with Gasteiger partial charge in [-0.2, -0.15) is 5.10 Å². The summed E-state index contributed by atoms with van der Waals surface area (Å²) in [5.74, 6) is -0.229. The zero-order valence-electron chi connectivity index (χ0n) is 11.4. The summed E-state index contributed by atoms with van der Waals surface area (Å²) >= 11 is 3.29. The van der Waals surface area contributed by atoms with E-state index in [1.54, 1.807) is 12.3 Å². The first-order valence-electron chi connectivity index (χ1n) is 6.24. The first kappa shape index (κ1) is 14.1. The van der Waals surface area contributed by atoms with Crippen molar-refractivity contribution in [3.05, 3.63) is 34.1 Å². The van der Waals surface area contributed by atoms with Crippen molar-refractivity contribution in [3.8, 4) is 0 Å². The average molecular weight is 324 g/mol. The molecule has 1 aliphatic rings. The highest BCUT2D eigenvalue weighted by Crippen LogP contribution is 2.33. The van der Waals surface area contributed by atoms with Crippen molar-refractivity contribution in [2.45, 2.75) is 33.6 Å². The summed E-state index contributed by atoms with van der Waals surface area (Å²) in [7, 11) is 0. The van der Waals surface area contributed by atoms with Gasteiger partial charge in [-0.1, -0.05) is 19.4 Å². The molecule has 0 bridgehead atoms. The van der Waals surface area contributed by atoms with E-state index in [0.29, 0.717) is 5.69 Å². The first-order chi connectivity index (χ1) is 8.85. The third kappa shape index (κ3) is 3.80. The van der Waals surface area contributed by atoms with Crippen molar-refractivity contribution in [1.29, 1.82) is 0 Å². The molecule has 1 heterocycles. The number of nitrogens with zero attached hydrogens (tertiary/aromatic N) is 1. The van der Waals surface area contributed by atoms with Crippen LogP contribution in [0.15, 0.2) is 33.5 Å². The summed E-state index contributed by atoms with van der Waals surface area (Å²) < 4.78 is 0.847. The number of carbonyl (C=O) groups excluding carboxylic acids is 1. The molecule has 4 nitrogen and oxygen atoms in total. The van der Waals surface area contributed by atoms with Crippen LogP contribution in [0.4, 0.5) is 0 Å². The van der Waals surface area contributed by atoms with Gasteiger partial charge in [0, 0.05) is 10.7 Å². The summed E-state index contributed by atoms with van der Waals surface area (Å²) in [5, 5.41) is 4.22. The quantitative estimate of drug-likeness (QED) is 0.802. The van der Waals surface area contributed by atoms with Gasteiger partial charge in [0.05, 0.1) is 5.71 Å². The molecule has 1 aromatic rings. The zero-order chi connectivity index (χ0) is 14.0. The third-order valence-electron chi connectivity index (χ3n) is 3.02. The number of hydrazone groups is 1. The minimum absolute atomic E-state index is 0.206. The smallest absolute Gasteiger partial charge is 0.287 e. The highest BCUT2D eigenvalue weighted by Gasteiger charge is 2.24. The largest absolute Gasteiger partial charge is 0.356 e. The second kappa shape index (κ2) is 5.33. The highest BCUT2D eigenvalue weighted by molar-refractivity contribution is 9.10. The van der Waals surface area contributed by atoms with Crippen LogP contribution in [-0.2, 0) is 0 Å². The molecule has 0 saturated heterocycles. The van der Waals surface area contributed by atoms with Crippen LogP contribution in [0.25, 0.3) is 0 Å². The molecule has 2 rings (SSSR count). The third-order valence-corrected chi connectivity index (χ3v) is 3.48. The minimum Gasteiger partial charge on any atom is -0.356 e. The van der Waals surface area contributed by atoms with Crippen LogP contribution in [0.1, 0.15) is 44.1 Å². The average Bonchev–Trinajstić information content (AvgIpc) is 2.70. The van der Waals surface area contributed by atoms with Crippen molar-refractivity contribution >= 4 is 27.5 Å². The number of hydrogen-bond donors (Lipinski definition) is 2. The van der Waals surface area contributed by atoms with Gasteiger partial charge in [0.25, 0.3) is 5.91 Å². The molecule has 0 spiro atoms. The number of nitrogens with one attached hydrogen (secondary N) is 2. The Morgan fingerprint density at radius 1 is 1.47 bits per heavy atom. The van der Waals surface area contributed by atoms with E-state index in [1.807, 2.05) is 0 Å². The van der Waals surface area contributed by atoms with Gasteiger partial charge in [0.1, 0.15) is 5.69 Å². The fourth-order valence-electron chi connectivity index (χ4n) is 2.45. The maximum Gasteiger partial charge on any atom is 0.287 e. The molecule has 0 unspecified atom stereocenters. The van der Waals surface area contributed by atoms with Crippen LogP contribution >= 0.6 is 15.9 Å². The first-order valence-corrected chi connectivity index (χ1v) is 7.03. The molecular weight excluding hydrogens is 306 g/mol. The Labute approximate surface area is 121 Å². The van der Waals surface area contributed by atoms with E-state index in [-0.39, 0.29) is 11.3 Å². The Morgan fingerprint density at radius 3 is 2.79 bits per heavy atom. The lowest BCUT2D eigenvalue weighted by Gasteiger charge is -2.29. The normalized spacial score (nSPS) is 20.2. The Morgan fingerprint density at radius 2 is 2.21 bits per heavy atom. The summed E-state index contributed by atoms with van der Waals surface area (Å²) in [6.07, 6.45) is 5.72. The summed E-state index contributed by atoms with van der Waals surface area (Å²) in [6.45, 7) is 6.52. The van der Waals surface area contributed by atoms with E-state index in [2.05, 4.69) is 58.3 Å². The number of carbonyl (C=O) groups is 1. The standard InChI is InChI=1S/C14H18BrN3O/c1-9-4-11(7-14(2,3)6-9)17-18-13(19)12-5-10(15)8-16-12/h4-5,8,16H,6-7H2,1-3H3,(H,18,19)/b17-11+. The van der Waals surface area contributed by atoms with E-state index in [9.17, 15) is 4.79 Å². The molecule has 0 radical (unpaired) electrons. The summed E-state index contributed by atoms with van der Waals surface area (Å²) in [5.41, 5.74) is 5.51. The maximum absolute atomic E-state index is 11.9. The fraction of sp³-hybridized carbons (Fsp3) is 0.429. The van der Waals surface area contributed by atoms with Gasteiger partial charge >= 0.3 is 0 Å². The zero-order valence-corrected chi connectivity index (χ0v) is 13.0. The van der Waals surface area contributed by atoms with Crippen molar-refractivity contribution in [3.63, 3.8) is 0 Å². The second-order valence-electron chi connectivity index (χ2n) is 5.78. The molecular formula is C14H18BrN3O. The lowest BCUT2D eigenvalue weighted by Crippen LogP contribution is -2.25. The number of hydrogen-bond acceptors (Lipinski definition) is 2. The van der Waals surface area contributed by atoms with Gasteiger partial charge in [-0.05, 0) is 53.3 Å². The van der Waals surface area contributed by atoms with Crippen LogP contribution in [-0.4, -0.2) is 16.6 Å². The topological polar surface area (TPSA) is 57.2 Å².